The van der Waals surface area contributed by atoms with Crippen molar-refractivity contribution in [3.63, 3.8) is 0 Å². The quantitative estimate of drug-likeness (QED) is 0.691. The fraction of sp³-hybridized carbons (Fsp3) is 0.400. The SMILES string of the molecule is Fc1ccc2c(c1)CC[C@H](CBr)O2. The molecule has 1 aliphatic heterocycles. The Hall–Kier alpha value is -0.570. The Kier molecular flexibility index (Phi) is 2.54. The zero-order valence-corrected chi connectivity index (χ0v) is 8.68. The third-order valence-corrected chi connectivity index (χ3v) is 2.95. The lowest BCUT2D eigenvalue weighted by Crippen LogP contribution is -2.23. The molecule has 13 heavy (non-hydrogen) atoms. The van der Waals surface area contributed by atoms with E-state index in [1.807, 2.05) is 0 Å². The van der Waals surface area contributed by atoms with E-state index < -0.39 is 0 Å². The molecule has 0 amide bonds. The predicted molar refractivity (Wildman–Crippen MR) is 52.9 cm³/mol. The van der Waals surface area contributed by atoms with Crippen molar-refractivity contribution in [2.45, 2.75) is 18.9 Å². The van der Waals surface area contributed by atoms with Crippen molar-refractivity contribution in [2.24, 2.45) is 0 Å². The molecule has 70 valence electrons. The van der Waals surface area contributed by atoms with Crippen LogP contribution < -0.4 is 4.74 Å². The van der Waals surface area contributed by atoms with Gasteiger partial charge in [0.1, 0.15) is 17.7 Å². The van der Waals surface area contributed by atoms with Gasteiger partial charge in [0.2, 0.25) is 0 Å². The lowest BCUT2D eigenvalue weighted by molar-refractivity contribution is 0.197. The molecule has 3 heteroatoms. The summed E-state index contributed by atoms with van der Waals surface area (Å²) in [7, 11) is 0. The first kappa shape index (κ1) is 9.00. The molecule has 1 nitrogen and oxygen atoms in total. The van der Waals surface area contributed by atoms with E-state index in [0.717, 1.165) is 29.5 Å². The first-order chi connectivity index (χ1) is 6.29. The maximum Gasteiger partial charge on any atom is 0.123 e. The highest BCUT2D eigenvalue weighted by Gasteiger charge is 2.18. The lowest BCUT2D eigenvalue weighted by Gasteiger charge is -2.24. The normalized spacial score (nSPS) is 20.6. The van der Waals surface area contributed by atoms with Gasteiger partial charge in [-0.25, -0.2) is 4.39 Å². The molecule has 0 aromatic heterocycles. The Labute approximate surface area is 85.0 Å². The number of ether oxygens (including phenoxy) is 1. The highest BCUT2D eigenvalue weighted by Crippen LogP contribution is 2.28. The van der Waals surface area contributed by atoms with Gasteiger partial charge in [0.05, 0.1) is 0 Å². The number of rotatable bonds is 1. The van der Waals surface area contributed by atoms with Crippen molar-refractivity contribution in [2.75, 3.05) is 5.33 Å². The molecule has 1 aromatic rings. The summed E-state index contributed by atoms with van der Waals surface area (Å²) in [6.45, 7) is 0. The molecule has 0 bridgehead atoms. The third kappa shape index (κ3) is 1.85. The van der Waals surface area contributed by atoms with Crippen molar-refractivity contribution in [1.82, 2.24) is 0 Å². The van der Waals surface area contributed by atoms with Crippen LogP contribution in [0.4, 0.5) is 4.39 Å². The van der Waals surface area contributed by atoms with Gasteiger partial charge >= 0.3 is 0 Å². The summed E-state index contributed by atoms with van der Waals surface area (Å²) in [6, 6.07) is 4.70. The van der Waals surface area contributed by atoms with Crippen molar-refractivity contribution in [3.8, 4) is 5.75 Å². The molecule has 1 heterocycles. The summed E-state index contributed by atoms with van der Waals surface area (Å²) in [6.07, 6.45) is 2.10. The second-order valence-electron chi connectivity index (χ2n) is 3.18. The second-order valence-corrected chi connectivity index (χ2v) is 3.83. The van der Waals surface area contributed by atoms with Crippen molar-refractivity contribution in [3.05, 3.63) is 29.6 Å². The van der Waals surface area contributed by atoms with Gasteiger partial charge in [-0.3, -0.25) is 0 Å². The van der Waals surface area contributed by atoms with Crippen LogP contribution >= 0.6 is 15.9 Å². The maximum atomic E-state index is 12.8. The Morgan fingerprint density at radius 1 is 1.54 bits per heavy atom. The van der Waals surface area contributed by atoms with E-state index in [1.54, 1.807) is 12.1 Å². The molecule has 0 saturated heterocycles. The zero-order valence-electron chi connectivity index (χ0n) is 7.09. The van der Waals surface area contributed by atoms with E-state index in [0.29, 0.717) is 0 Å². The van der Waals surface area contributed by atoms with E-state index in [2.05, 4.69) is 15.9 Å². The fourth-order valence-corrected chi connectivity index (χ4v) is 1.98. The Bertz CT molecular complexity index is 314. The average Bonchev–Trinajstić information content (AvgIpc) is 2.17. The maximum absolute atomic E-state index is 12.8. The van der Waals surface area contributed by atoms with Gasteiger partial charge < -0.3 is 4.74 Å². The molecule has 0 unspecified atom stereocenters. The smallest absolute Gasteiger partial charge is 0.123 e. The summed E-state index contributed by atoms with van der Waals surface area (Å²) in [5.41, 5.74) is 0.984. The van der Waals surface area contributed by atoms with E-state index in [-0.39, 0.29) is 11.9 Å². The number of aryl methyl sites for hydroxylation is 1. The minimum Gasteiger partial charge on any atom is -0.489 e. The standard InChI is InChI=1S/C10H10BrFO/c11-6-9-3-1-7-5-8(12)2-4-10(7)13-9/h2,4-5,9H,1,3,6H2/t9-/m1/s1. The fourth-order valence-electron chi connectivity index (χ4n) is 1.52. The number of benzene rings is 1. The molecule has 0 fully saturated rings. The number of hydrogen-bond acceptors (Lipinski definition) is 1. The monoisotopic (exact) mass is 244 g/mol. The molecule has 1 atom stereocenters. The van der Waals surface area contributed by atoms with Gasteiger partial charge in [-0.2, -0.15) is 0 Å². The van der Waals surface area contributed by atoms with Crippen LogP contribution in [0.5, 0.6) is 5.75 Å². The minimum absolute atomic E-state index is 0.181. The number of fused-ring (bicyclic) bond motifs is 1. The minimum atomic E-state index is -0.181. The molecule has 0 spiro atoms. The molecule has 0 radical (unpaired) electrons. The van der Waals surface area contributed by atoms with Crippen LogP contribution in [-0.2, 0) is 6.42 Å². The van der Waals surface area contributed by atoms with Crippen molar-refractivity contribution in [1.29, 1.82) is 0 Å². The van der Waals surface area contributed by atoms with Crippen LogP contribution in [0.15, 0.2) is 18.2 Å². The van der Waals surface area contributed by atoms with Crippen LogP contribution in [0, 0.1) is 5.82 Å². The topological polar surface area (TPSA) is 9.23 Å². The molecule has 2 rings (SSSR count). The van der Waals surface area contributed by atoms with Gasteiger partial charge in [0, 0.05) is 5.33 Å². The Morgan fingerprint density at radius 2 is 2.38 bits per heavy atom. The average molecular weight is 245 g/mol. The first-order valence-corrected chi connectivity index (χ1v) is 5.43. The number of hydrogen-bond donors (Lipinski definition) is 0. The van der Waals surface area contributed by atoms with E-state index >= 15 is 0 Å². The molecular formula is C10H10BrFO. The number of halogens is 2. The van der Waals surface area contributed by atoms with E-state index in [1.165, 1.54) is 6.07 Å². The first-order valence-electron chi connectivity index (χ1n) is 4.30. The summed E-state index contributed by atoms with van der Waals surface area (Å²) < 4.78 is 18.4. The molecule has 0 saturated carbocycles. The largest absolute Gasteiger partial charge is 0.489 e. The highest BCUT2D eigenvalue weighted by atomic mass is 79.9. The van der Waals surface area contributed by atoms with Crippen LogP contribution in [0.1, 0.15) is 12.0 Å². The van der Waals surface area contributed by atoms with Crippen LogP contribution in [0.2, 0.25) is 0 Å². The Morgan fingerprint density at radius 3 is 3.15 bits per heavy atom. The van der Waals surface area contributed by atoms with Crippen LogP contribution in [0.3, 0.4) is 0 Å². The lowest BCUT2D eigenvalue weighted by atomic mass is 10.0. The molecular weight excluding hydrogens is 235 g/mol. The summed E-state index contributed by atoms with van der Waals surface area (Å²) >= 11 is 3.38. The van der Waals surface area contributed by atoms with Crippen molar-refractivity contribution < 1.29 is 9.13 Å². The van der Waals surface area contributed by atoms with E-state index in [9.17, 15) is 4.39 Å². The summed E-state index contributed by atoms with van der Waals surface area (Å²) in [5.74, 6) is 0.650. The molecule has 1 aliphatic rings. The molecule has 1 aromatic carbocycles. The third-order valence-electron chi connectivity index (χ3n) is 2.22. The summed E-state index contributed by atoms with van der Waals surface area (Å²) in [4.78, 5) is 0. The van der Waals surface area contributed by atoms with Gasteiger partial charge in [-0.1, -0.05) is 15.9 Å². The highest BCUT2D eigenvalue weighted by molar-refractivity contribution is 9.09. The van der Waals surface area contributed by atoms with Crippen molar-refractivity contribution >= 4 is 15.9 Å². The zero-order chi connectivity index (χ0) is 9.26. The van der Waals surface area contributed by atoms with Crippen LogP contribution in [0.25, 0.3) is 0 Å². The van der Waals surface area contributed by atoms with Crippen LogP contribution in [-0.4, -0.2) is 11.4 Å². The van der Waals surface area contributed by atoms with E-state index in [4.69, 9.17) is 4.74 Å². The second kappa shape index (κ2) is 3.66. The van der Waals surface area contributed by atoms with Gasteiger partial charge in [-0.15, -0.1) is 0 Å². The Balaban J connectivity index is 2.26. The predicted octanol–water partition coefficient (Wildman–Crippen LogP) is 2.91. The molecule has 0 aliphatic carbocycles. The van der Waals surface area contributed by atoms with Gasteiger partial charge in [-0.05, 0) is 36.6 Å². The summed E-state index contributed by atoms with van der Waals surface area (Å²) in [5, 5.41) is 0.837. The molecule has 0 N–H and O–H groups in total. The number of alkyl halides is 1. The van der Waals surface area contributed by atoms with Gasteiger partial charge in [0.15, 0.2) is 0 Å². The van der Waals surface area contributed by atoms with Gasteiger partial charge in [0.25, 0.3) is 0 Å².